The van der Waals surface area contributed by atoms with Gasteiger partial charge in [0, 0.05) is 6.07 Å². The summed E-state index contributed by atoms with van der Waals surface area (Å²) in [4.78, 5) is 30.8. The molecule has 172 valence electrons. The number of nitrogens with one attached hydrogen (secondary N) is 1. The van der Waals surface area contributed by atoms with Crippen LogP contribution in [0.4, 0.5) is 0 Å². The predicted octanol–water partition coefficient (Wildman–Crippen LogP) is 3.55. The zero-order valence-corrected chi connectivity index (χ0v) is 20.0. The lowest BCUT2D eigenvalue weighted by Gasteiger charge is -2.27. The van der Waals surface area contributed by atoms with Crippen LogP contribution >= 0.6 is 11.8 Å². The summed E-state index contributed by atoms with van der Waals surface area (Å²) in [7, 11) is 3.05. The van der Waals surface area contributed by atoms with Crippen molar-refractivity contribution in [3.63, 3.8) is 0 Å². The van der Waals surface area contributed by atoms with Gasteiger partial charge in [-0.05, 0) is 37.1 Å². The van der Waals surface area contributed by atoms with E-state index in [1.807, 2.05) is 13.8 Å². The third-order valence-electron chi connectivity index (χ3n) is 5.49. The minimum atomic E-state index is -0.996. The van der Waals surface area contributed by atoms with Gasteiger partial charge in [-0.3, -0.25) is 14.2 Å². The van der Waals surface area contributed by atoms with Crippen molar-refractivity contribution in [3.8, 4) is 23.3 Å². The Morgan fingerprint density at radius 2 is 1.97 bits per heavy atom. The van der Waals surface area contributed by atoms with Crippen LogP contribution in [0.25, 0.3) is 16.6 Å². The van der Waals surface area contributed by atoms with Crippen LogP contribution in [0, 0.1) is 17.2 Å². The molecule has 0 fully saturated rings. The number of benzene rings is 2. The maximum absolute atomic E-state index is 13.5. The molecule has 0 aliphatic carbocycles. The van der Waals surface area contributed by atoms with Crippen LogP contribution < -0.4 is 20.3 Å². The van der Waals surface area contributed by atoms with Gasteiger partial charge in [-0.2, -0.15) is 5.26 Å². The number of rotatable bonds is 8. The standard InChI is InChI=1S/C24H26N4O4S/c1-15(2)24(3,14-25)27-21(29)13-33-23-26-18-9-7-6-8-17(18)22(30)28(23)19-12-16(31-4)10-11-20(19)32-5/h6-12,15H,13H2,1-5H3,(H,27,29)/t24-/m0/s1. The summed E-state index contributed by atoms with van der Waals surface area (Å²) in [6.07, 6.45) is 0. The molecule has 3 aromatic rings. The number of methoxy groups -OCH3 is 2. The number of nitrogens with zero attached hydrogens (tertiary/aromatic N) is 3. The van der Waals surface area contributed by atoms with E-state index in [4.69, 9.17) is 9.47 Å². The molecule has 0 unspecified atom stereocenters. The Bertz CT molecular complexity index is 1280. The number of fused-ring (bicyclic) bond motifs is 1. The Morgan fingerprint density at radius 1 is 1.24 bits per heavy atom. The summed E-state index contributed by atoms with van der Waals surface area (Å²) >= 11 is 1.11. The molecule has 1 heterocycles. The summed E-state index contributed by atoms with van der Waals surface area (Å²) in [5, 5.41) is 13.0. The van der Waals surface area contributed by atoms with Crippen molar-refractivity contribution in [3.05, 3.63) is 52.8 Å². The van der Waals surface area contributed by atoms with E-state index < -0.39 is 5.54 Å². The summed E-state index contributed by atoms with van der Waals surface area (Å²) in [6, 6.07) is 14.3. The highest BCUT2D eigenvalue weighted by atomic mass is 32.2. The number of para-hydroxylation sites is 1. The third kappa shape index (κ3) is 4.96. The van der Waals surface area contributed by atoms with E-state index in [2.05, 4.69) is 16.4 Å². The molecule has 0 saturated heterocycles. The van der Waals surface area contributed by atoms with Crippen molar-refractivity contribution in [2.45, 2.75) is 31.5 Å². The first-order valence-corrected chi connectivity index (χ1v) is 11.3. The lowest BCUT2D eigenvalue weighted by molar-refractivity contribution is -0.120. The van der Waals surface area contributed by atoms with Gasteiger partial charge in [-0.25, -0.2) is 4.98 Å². The summed E-state index contributed by atoms with van der Waals surface area (Å²) in [5.74, 6) is 0.569. The molecule has 0 bridgehead atoms. The number of hydrogen-bond donors (Lipinski definition) is 1. The SMILES string of the molecule is COc1ccc(OC)c(-n2c(SCC(=O)N[C@@](C)(C#N)C(C)C)nc3ccccc3c2=O)c1. The second-order valence-electron chi connectivity index (χ2n) is 7.90. The molecular weight excluding hydrogens is 440 g/mol. The van der Waals surface area contributed by atoms with E-state index >= 15 is 0 Å². The highest BCUT2D eigenvalue weighted by Gasteiger charge is 2.30. The smallest absolute Gasteiger partial charge is 0.266 e. The first kappa shape index (κ1) is 24.1. The van der Waals surface area contributed by atoms with Gasteiger partial charge in [0.05, 0.1) is 42.6 Å². The molecule has 0 radical (unpaired) electrons. The van der Waals surface area contributed by atoms with Gasteiger partial charge < -0.3 is 14.8 Å². The van der Waals surface area contributed by atoms with Crippen molar-refractivity contribution < 1.29 is 14.3 Å². The first-order chi connectivity index (χ1) is 15.7. The highest BCUT2D eigenvalue weighted by Crippen LogP contribution is 2.30. The predicted molar refractivity (Wildman–Crippen MR) is 128 cm³/mol. The normalized spacial score (nSPS) is 12.8. The van der Waals surface area contributed by atoms with Crippen molar-refractivity contribution in [1.82, 2.24) is 14.9 Å². The van der Waals surface area contributed by atoms with Crippen molar-refractivity contribution in [1.29, 1.82) is 5.26 Å². The van der Waals surface area contributed by atoms with E-state index in [-0.39, 0.29) is 23.1 Å². The van der Waals surface area contributed by atoms with Crippen LogP contribution in [0.2, 0.25) is 0 Å². The number of carbonyl (C=O) groups is 1. The van der Waals surface area contributed by atoms with Crippen LogP contribution in [-0.2, 0) is 4.79 Å². The van der Waals surface area contributed by atoms with Crippen LogP contribution in [0.5, 0.6) is 11.5 Å². The fourth-order valence-corrected chi connectivity index (χ4v) is 3.96. The quantitative estimate of drug-likeness (QED) is 0.400. The second-order valence-corrected chi connectivity index (χ2v) is 8.84. The van der Waals surface area contributed by atoms with E-state index in [0.29, 0.717) is 33.2 Å². The topological polar surface area (TPSA) is 106 Å². The summed E-state index contributed by atoms with van der Waals surface area (Å²) < 4.78 is 12.2. The lowest BCUT2D eigenvalue weighted by Crippen LogP contribution is -2.49. The zero-order valence-electron chi connectivity index (χ0n) is 19.2. The first-order valence-electron chi connectivity index (χ1n) is 10.3. The number of hydrogen-bond acceptors (Lipinski definition) is 7. The van der Waals surface area contributed by atoms with Gasteiger partial charge in [0.2, 0.25) is 5.91 Å². The Labute approximate surface area is 196 Å². The van der Waals surface area contributed by atoms with Gasteiger partial charge in [0.15, 0.2) is 5.16 Å². The Morgan fingerprint density at radius 3 is 2.61 bits per heavy atom. The van der Waals surface area contributed by atoms with Crippen LogP contribution in [0.1, 0.15) is 20.8 Å². The summed E-state index contributed by atoms with van der Waals surface area (Å²) in [5.41, 5.74) is -0.317. The van der Waals surface area contributed by atoms with Gasteiger partial charge in [-0.1, -0.05) is 37.7 Å². The van der Waals surface area contributed by atoms with Crippen LogP contribution in [-0.4, -0.2) is 41.0 Å². The minimum absolute atomic E-state index is 0.0267. The van der Waals surface area contributed by atoms with E-state index in [0.717, 1.165) is 11.8 Å². The van der Waals surface area contributed by atoms with Gasteiger partial charge in [-0.15, -0.1) is 0 Å². The number of aromatic nitrogens is 2. The molecule has 0 aliphatic rings. The Balaban J connectivity index is 2.08. The molecule has 1 amide bonds. The third-order valence-corrected chi connectivity index (χ3v) is 6.43. The molecule has 3 rings (SSSR count). The largest absolute Gasteiger partial charge is 0.497 e. The molecule has 0 aliphatic heterocycles. The van der Waals surface area contributed by atoms with Crippen LogP contribution in [0.3, 0.4) is 0 Å². The maximum Gasteiger partial charge on any atom is 0.266 e. The zero-order chi connectivity index (χ0) is 24.2. The van der Waals surface area contributed by atoms with E-state index in [9.17, 15) is 14.9 Å². The van der Waals surface area contributed by atoms with Gasteiger partial charge in [0.1, 0.15) is 17.0 Å². The van der Waals surface area contributed by atoms with E-state index in [1.165, 1.54) is 18.8 Å². The average molecular weight is 467 g/mol. The molecule has 1 atom stereocenters. The lowest BCUT2D eigenvalue weighted by atomic mass is 9.90. The number of ether oxygens (including phenoxy) is 2. The number of nitriles is 1. The number of thioether (sulfide) groups is 1. The summed E-state index contributed by atoms with van der Waals surface area (Å²) in [6.45, 7) is 5.42. The molecule has 1 N–H and O–H groups in total. The van der Waals surface area contributed by atoms with Crippen molar-refractivity contribution in [2.75, 3.05) is 20.0 Å². The Hall–Kier alpha value is -3.51. The molecule has 33 heavy (non-hydrogen) atoms. The molecule has 9 heteroatoms. The second kappa shape index (κ2) is 9.96. The number of amides is 1. The monoisotopic (exact) mass is 466 g/mol. The number of carbonyl (C=O) groups excluding carboxylic acids is 1. The minimum Gasteiger partial charge on any atom is -0.497 e. The molecule has 1 aromatic heterocycles. The van der Waals surface area contributed by atoms with Gasteiger partial charge in [0.25, 0.3) is 5.56 Å². The Kier molecular flexibility index (Phi) is 7.29. The molecule has 0 spiro atoms. The van der Waals surface area contributed by atoms with E-state index in [1.54, 1.807) is 49.4 Å². The fourth-order valence-electron chi connectivity index (χ4n) is 3.15. The van der Waals surface area contributed by atoms with Crippen molar-refractivity contribution in [2.24, 2.45) is 5.92 Å². The molecule has 0 saturated carbocycles. The maximum atomic E-state index is 13.5. The average Bonchev–Trinajstić information content (AvgIpc) is 2.82. The molecular formula is C24H26N4O4S. The molecule has 8 nitrogen and oxygen atoms in total. The fraction of sp³-hybridized carbons (Fsp3) is 0.333. The molecule has 2 aromatic carbocycles. The van der Waals surface area contributed by atoms with Crippen LogP contribution in [0.15, 0.2) is 52.4 Å². The highest BCUT2D eigenvalue weighted by molar-refractivity contribution is 7.99. The van der Waals surface area contributed by atoms with Crippen molar-refractivity contribution >= 4 is 28.6 Å². The van der Waals surface area contributed by atoms with Gasteiger partial charge >= 0.3 is 0 Å².